The molecule has 2 aromatic carbocycles. The highest BCUT2D eigenvalue weighted by Crippen LogP contribution is 2.34. The molecule has 2 amide bonds. The summed E-state index contributed by atoms with van der Waals surface area (Å²) in [7, 11) is 0. The summed E-state index contributed by atoms with van der Waals surface area (Å²) in [6.45, 7) is 0.586. The standard InChI is InChI=1S/C25H20F5N3O4/c1-13(25(28,29)30)37-24(36)33-19-9-8-15(14-6-4-12-32-18(14)10-11-20(31)34)21(22(19)27)23(35)16-5-2-3-7-17(16)26/h2-9,12-13H,10-11H2,1H3,(H2,31,34)(H,33,36)/t13-/m0/s1. The van der Waals surface area contributed by atoms with Crippen LogP contribution in [0.25, 0.3) is 11.1 Å². The SMILES string of the molecule is C[C@H](OC(=O)Nc1ccc(-c2cccnc2CCC(N)=O)c(C(=O)c2ccccc2F)c1F)C(F)(F)F. The molecule has 37 heavy (non-hydrogen) atoms. The van der Waals surface area contributed by atoms with Crippen LogP contribution < -0.4 is 11.1 Å². The molecule has 0 radical (unpaired) electrons. The molecular weight excluding hydrogens is 501 g/mol. The molecule has 0 saturated heterocycles. The zero-order valence-corrected chi connectivity index (χ0v) is 19.2. The molecule has 0 aliphatic carbocycles. The molecule has 0 bridgehead atoms. The minimum Gasteiger partial charge on any atom is -0.437 e. The molecule has 3 N–H and O–H groups in total. The van der Waals surface area contributed by atoms with Gasteiger partial charge in [-0.15, -0.1) is 0 Å². The first-order chi connectivity index (χ1) is 17.4. The average molecular weight is 521 g/mol. The van der Waals surface area contributed by atoms with Gasteiger partial charge in [-0.05, 0) is 43.2 Å². The van der Waals surface area contributed by atoms with E-state index in [1.807, 2.05) is 5.32 Å². The lowest BCUT2D eigenvalue weighted by Gasteiger charge is -2.18. The average Bonchev–Trinajstić information content (AvgIpc) is 2.83. The summed E-state index contributed by atoms with van der Waals surface area (Å²) in [6.07, 6.45) is -7.62. The van der Waals surface area contributed by atoms with Crippen LogP contribution in [0.15, 0.2) is 54.7 Å². The zero-order chi connectivity index (χ0) is 27.3. The van der Waals surface area contributed by atoms with Crippen LogP contribution in [0.3, 0.4) is 0 Å². The maximum Gasteiger partial charge on any atom is 0.425 e. The largest absolute Gasteiger partial charge is 0.437 e. The van der Waals surface area contributed by atoms with Crippen molar-refractivity contribution in [2.75, 3.05) is 5.32 Å². The minimum absolute atomic E-state index is 0.0438. The number of aryl methyl sites for hydroxylation is 1. The second-order valence-electron chi connectivity index (χ2n) is 7.84. The van der Waals surface area contributed by atoms with E-state index in [-0.39, 0.29) is 29.7 Å². The van der Waals surface area contributed by atoms with Gasteiger partial charge in [0, 0.05) is 23.9 Å². The van der Waals surface area contributed by atoms with Crippen LogP contribution in [-0.4, -0.2) is 35.0 Å². The van der Waals surface area contributed by atoms with Gasteiger partial charge in [-0.25, -0.2) is 13.6 Å². The molecule has 194 valence electrons. The number of carbonyl (C=O) groups is 3. The summed E-state index contributed by atoms with van der Waals surface area (Å²) in [5, 5.41) is 1.85. The Morgan fingerprint density at radius 2 is 1.73 bits per heavy atom. The summed E-state index contributed by atoms with van der Waals surface area (Å²) >= 11 is 0. The molecular formula is C25H20F5N3O4. The number of nitrogens with two attached hydrogens (primary N) is 1. The summed E-state index contributed by atoms with van der Waals surface area (Å²) in [6, 6.07) is 9.99. The first kappa shape index (κ1) is 27.2. The van der Waals surface area contributed by atoms with Crippen LogP contribution >= 0.6 is 0 Å². The Morgan fingerprint density at radius 1 is 1.03 bits per heavy atom. The highest BCUT2D eigenvalue weighted by Gasteiger charge is 2.39. The fraction of sp³-hybridized carbons (Fsp3) is 0.200. The Kier molecular flexibility index (Phi) is 8.21. The van der Waals surface area contributed by atoms with E-state index in [0.29, 0.717) is 6.92 Å². The number of carbonyl (C=O) groups excluding carboxylic acids is 3. The van der Waals surface area contributed by atoms with E-state index in [1.165, 1.54) is 36.5 Å². The third kappa shape index (κ3) is 6.46. The number of nitrogens with one attached hydrogen (secondary N) is 1. The number of anilines is 1. The Labute approximate surface area is 207 Å². The number of halogens is 5. The van der Waals surface area contributed by atoms with Crippen molar-refractivity contribution in [3.8, 4) is 11.1 Å². The van der Waals surface area contributed by atoms with Gasteiger partial charge in [-0.2, -0.15) is 13.2 Å². The number of primary amides is 1. The normalized spacial score (nSPS) is 12.1. The summed E-state index contributed by atoms with van der Waals surface area (Å²) in [5.41, 5.74) is 3.81. The van der Waals surface area contributed by atoms with Gasteiger partial charge in [-0.1, -0.05) is 24.3 Å². The Hall–Kier alpha value is -4.35. The van der Waals surface area contributed by atoms with Crippen LogP contribution in [0.5, 0.6) is 0 Å². The lowest BCUT2D eigenvalue weighted by atomic mass is 9.91. The number of benzene rings is 2. The number of aromatic nitrogens is 1. The lowest BCUT2D eigenvalue weighted by molar-refractivity contribution is -0.196. The van der Waals surface area contributed by atoms with Gasteiger partial charge >= 0.3 is 12.3 Å². The maximum atomic E-state index is 15.7. The molecule has 12 heteroatoms. The van der Waals surface area contributed by atoms with Gasteiger partial charge in [-0.3, -0.25) is 19.9 Å². The Balaban J connectivity index is 2.13. The molecule has 3 rings (SSSR count). The minimum atomic E-state index is -4.85. The molecule has 7 nitrogen and oxygen atoms in total. The number of ether oxygens (including phenoxy) is 1. The molecule has 1 atom stereocenters. The smallest absolute Gasteiger partial charge is 0.425 e. The van der Waals surface area contributed by atoms with E-state index >= 15 is 4.39 Å². The molecule has 0 aliphatic rings. The third-order valence-corrected chi connectivity index (χ3v) is 5.26. The molecule has 0 fully saturated rings. The van der Waals surface area contributed by atoms with Gasteiger partial charge in [0.2, 0.25) is 5.91 Å². The summed E-state index contributed by atoms with van der Waals surface area (Å²) in [4.78, 5) is 40.8. The lowest BCUT2D eigenvalue weighted by Crippen LogP contribution is -2.32. The van der Waals surface area contributed by atoms with Crippen molar-refractivity contribution < 1.29 is 41.1 Å². The number of alkyl halides is 3. The first-order valence-electron chi connectivity index (χ1n) is 10.8. The van der Waals surface area contributed by atoms with Crippen LogP contribution in [0.4, 0.5) is 32.4 Å². The fourth-order valence-electron chi connectivity index (χ4n) is 3.39. The molecule has 3 aromatic rings. The number of hydrogen-bond donors (Lipinski definition) is 2. The Morgan fingerprint density at radius 3 is 2.38 bits per heavy atom. The van der Waals surface area contributed by atoms with Crippen LogP contribution in [-0.2, 0) is 16.0 Å². The number of pyridine rings is 1. The topological polar surface area (TPSA) is 111 Å². The molecule has 0 saturated carbocycles. The van der Waals surface area contributed by atoms with Crippen molar-refractivity contribution in [3.63, 3.8) is 0 Å². The quantitative estimate of drug-likeness (QED) is 0.314. The predicted molar refractivity (Wildman–Crippen MR) is 123 cm³/mol. The highest BCUT2D eigenvalue weighted by atomic mass is 19.4. The zero-order valence-electron chi connectivity index (χ0n) is 19.2. The van der Waals surface area contributed by atoms with Gasteiger partial charge in [0.15, 0.2) is 17.7 Å². The van der Waals surface area contributed by atoms with Gasteiger partial charge in [0.05, 0.1) is 16.8 Å². The summed E-state index contributed by atoms with van der Waals surface area (Å²) in [5.74, 6) is -4.02. The molecule has 1 aromatic heterocycles. The molecule has 0 spiro atoms. The third-order valence-electron chi connectivity index (χ3n) is 5.26. The van der Waals surface area contributed by atoms with Crippen LogP contribution in [0.1, 0.15) is 35.0 Å². The van der Waals surface area contributed by atoms with E-state index in [9.17, 15) is 31.9 Å². The Bertz CT molecular complexity index is 1340. The van der Waals surface area contributed by atoms with Crippen molar-refractivity contribution in [3.05, 3.63) is 83.2 Å². The van der Waals surface area contributed by atoms with Crippen LogP contribution in [0.2, 0.25) is 0 Å². The van der Waals surface area contributed by atoms with Gasteiger partial charge < -0.3 is 10.5 Å². The van der Waals surface area contributed by atoms with E-state index in [2.05, 4.69) is 9.72 Å². The number of amides is 2. The molecule has 0 aliphatic heterocycles. The molecule has 0 unspecified atom stereocenters. The maximum absolute atomic E-state index is 15.7. The number of nitrogens with zero attached hydrogens (tertiary/aromatic N) is 1. The van der Waals surface area contributed by atoms with Crippen molar-refractivity contribution in [1.29, 1.82) is 0 Å². The van der Waals surface area contributed by atoms with E-state index in [1.54, 1.807) is 0 Å². The fourth-order valence-corrected chi connectivity index (χ4v) is 3.39. The highest BCUT2D eigenvalue weighted by molar-refractivity contribution is 6.14. The molecule has 1 heterocycles. The van der Waals surface area contributed by atoms with Crippen molar-refractivity contribution in [2.24, 2.45) is 5.73 Å². The van der Waals surface area contributed by atoms with E-state index < -0.39 is 58.5 Å². The van der Waals surface area contributed by atoms with Crippen LogP contribution in [0, 0.1) is 11.6 Å². The second-order valence-corrected chi connectivity index (χ2v) is 7.84. The van der Waals surface area contributed by atoms with Gasteiger partial charge in [0.1, 0.15) is 5.82 Å². The second kappa shape index (κ2) is 11.1. The predicted octanol–water partition coefficient (Wildman–Crippen LogP) is 5.18. The number of ketones is 1. The van der Waals surface area contributed by atoms with Gasteiger partial charge in [0.25, 0.3) is 0 Å². The first-order valence-corrected chi connectivity index (χ1v) is 10.8. The van der Waals surface area contributed by atoms with Crippen molar-refractivity contribution >= 4 is 23.5 Å². The van der Waals surface area contributed by atoms with E-state index in [4.69, 9.17) is 5.73 Å². The summed E-state index contributed by atoms with van der Waals surface area (Å²) < 4.78 is 72.6. The number of hydrogen-bond acceptors (Lipinski definition) is 5. The van der Waals surface area contributed by atoms with Crippen molar-refractivity contribution in [1.82, 2.24) is 4.98 Å². The van der Waals surface area contributed by atoms with Crippen molar-refractivity contribution in [2.45, 2.75) is 32.0 Å². The monoisotopic (exact) mass is 521 g/mol. The van der Waals surface area contributed by atoms with E-state index in [0.717, 1.165) is 18.2 Å². The number of rotatable bonds is 8.